The zero-order valence-electron chi connectivity index (χ0n) is 9.58. The van der Waals surface area contributed by atoms with Crippen molar-refractivity contribution in [1.82, 2.24) is 10.6 Å². The Labute approximate surface area is 96.9 Å². The van der Waals surface area contributed by atoms with Gasteiger partial charge in [0.2, 0.25) is 0 Å². The van der Waals surface area contributed by atoms with Crippen molar-refractivity contribution in [3.63, 3.8) is 0 Å². The van der Waals surface area contributed by atoms with Crippen LogP contribution < -0.4 is 10.6 Å². The number of phenolic OH excluding ortho intramolecular Hbond substituents is 1. The van der Waals surface area contributed by atoms with Crippen molar-refractivity contribution >= 4 is 0 Å². The fourth-order valence-corrected chi connectivity index (χ4v) is 2.11. The predicted molar refractivity (Wildman–Crippen MR) is 65.7 cm³/mol. The molecule has 1 heterocycles. The van der Waals surface area contributed by atoms with Gasteiger partial charge in [0.15, 0.2) is 0 Å². The van der Waals surface area contributed by atoms with E-state index in [4.69, 9.17) is 5.11 Å². The van der Waals surface area contributed by atoms with E-state index in [0.29, 0.717) is 11.8 Å². The highest BCUT2D eigenvalue weighted by atomic mass is 16.3. The van der Waals surface area contributed by atoms with E-state index in [0.717, 1.165) is 26.1 Å². The van der Waals surface area contributed by atoms with Gasteiger partial charge >= 0.3 is 0 Å². The molecule has 1 aromatic carbocycles. The van der Waals surface area contributed by atoms with Crippen LogP contribution in [0.3, 0.4) is 0 Å². The van der Waals surface area contributed by atoms with Crippen LogP contribution in [-0.2, 0) is 6.42 Å². The number of benzene rings is 1. The van der Waals surface area contributed by atoms with E-state index in [1.165, 1.54) is 18.4 Å². The molecule has 0 aliphatic carbocycles. The van der Waals surface area contributed by atoms with Gasteiger partial charge in [-0.15, -0.1) is 0 Å². The number of rotatable bonds is 4. The minimum absolute atomic E-state index is 0.343. The lowest BCUT2D eigenvalue weighted by Crippen LogP contribution is -2.40. The Balaban J connectivity index is 1.69. The van der Waals surface area contributed by atoms with Gasteiger partial charge < -0.3 is 15.7 Å². The Hall–Kier alpha value is -1.06. The molecule has 3 nitrogen and oxygen atoms in total. The maximum Gasteiger partial charge on any atom is 0.115 e. The summed E-state index contributed by atoms with van der Waals surface area (Å²) in [6.07, 6.45) is 3.50. The summed E-state index contributed by atoms with van der Waals surface area (Å²) < 4.78 is 0. The van der Waals surface area contributed by atoms with Gasteiger partial charge in [-0.05, 0) is 56.6 Å². The molecule has 1 saturated heterocycles. The third kappa shape index (κ3) is 3.51. The SMILES string of the molecule is Oc1ccc(CCNC2CCNCC2)cc1. The van der Waals surface area contributed by atoms with Gasteiger partial charge in [-0.2, -0.15) is 0 Å². The van der Waals surface area contributed by atoms with Crippen molar-refractivity contribution in [3.8, 4) is 5.75 Å². The first kappa shape index (κ1) is 11.4. The van der Waals surface area contributed by atoms with Crippen molar-refractivity contribution in [2.75, 3.05) is 19.6 Å². The number of piperidine rings is 1. The first-order chi connectivity index (χ1) is 7.84. The summed E-state index contributed by atoms with van der Waals surface area (Å²) in [6, 6.07) is 8.15. The van der Waals surface area contributed by atoms with Crippen molar-refractivity contribution in [1.29, 1.82) is 0 Å². The van der Waals surface area contributed by atoms with Gasteiger partial charge in [0, 0.05) is 6.04 Å². The summed E-state index contributed by atoms with van der Waals surface area (Å²) >= 11 is 0. The molecule has 0 radical (unpaired) electrons. The molecular weight excluding hydrogens is 200 g/mol. The Kier molecular flexibility index (Phi) is 4.19. The maximum absolute atomic E-state index is 9.16. The zero-order valence-corrected chi connectivity index (χ0v) is 9.58. The van der Waals surface area contributed by atoms with Crippen LogP contribution in [0.2, 0.25) is 0 Å². The fraction of sp³-hybridized carbons (Fsp3) is 0.538. The van der Waals surface area contributed by atoms with Crippen LogP contribution in [0, 0.1) is 0 Å². The van der Waals surface area contributed by atoms with Crippen LogP contribution in [0.15, 0.2) is 24.3 Å². The monoisotopic (exact) mass is 220 g/mol. The second-order valence-corrected chi connectivity index (χ2v) is 4.39. The van der Waals surface area contributed by atoms with Crippen molar-refractivity contribution < 1.29 is 5.11 Å². The molecule has 88 valence electrons. The van der Waals surface area contributed by atoms with Crippen LogP contribution in [0.25, 0.3) is 0 Å². The highest BCUT2D eigenvalue weighted by molar-refractivity contribution is 5.25. The summed E-state index contributed by atoms with van der Waals surface area (Å²) in [5, 5.41) is 16.1. The minimum Gasteiger partial charge on any atom is -0.508 e. The first-order valence-electron chi connectivity index (χ1n) is 6.06. The zero-order chi connectivity index (χ0) is 11.2. The van der Waals surface area contributed by atoms with E-state index >= 15 is 0 Å². The normalized spacial score (nSPS) is 17.5. The highest BCUT2D eigenvalue weighted by Crippen LogP contribution is 2.10. The standard InChI is InChI=1S/C13H20N2O/c16-13-3-1-11(2-4-13)5-10-15-12-6-8-14-9-7-12/h1-4,12,14-16H,5-10H2. The molecule has 0 amide bonds. The fourth-order valence-electron chi connectivity index (χ4n) is 2.11. The molecule has 0 atom stereocenters. The largest absolute Gasteiger partial charge is 0.508 e. The number of hydrogen-bond donors (Lipinski definition) is 3. The maximum atomic E-state index is 9.16. The number of hydrogen-bond acceptors (Lipinski definition) is 3. The summed E-state index contributed by atoms with van der Waals surface area (Å²) in [5.41, 5.74) is 1.28. The van der Waals surface area contributed by atoms with E-state index < -0.39 is 0 Å². The molecule has 0 spiro atoms. The molecule has 0 saturated carbocycles. The summed E-state index contributed by atoms with van der Waals surface area (Å²) in [7, 11) is 0. The number of aromatic hydroxyl groups is 1. The molecule has 0 aromatic heterocycles. The van der Waals surface area contributed by atoms with E-state index in [-0.39, 0.29) is 0 Å². The van der Waals surface area contributed by atoms with E-state index in [1.807, 2.05) is 12.1 Å². The minimum atomic E-state index is 0.343. The lowest BCUT2D eigenvalue weighted by molar-refractivity contribution is 0.389. The molecule has 0 unspecified atom stereocenters. The first-order valence-corrected chi connectivity index (χ1v) is 6.06. The van der Waals surface area contributed by atoms with Crippen molar-refractivity contribution in [3.05, 3.63) is 29.8 Å². The van der Waals surface area contributed by atoms with Gasteiger partial charge in [-0.25, -0.2) is 0 Å². The second-order valence-electron chi connectivity index (χ2n) is 4.39. The van der Waals surface area contributed by atoms with Crippen LogP contribution in [-0.4, -0.2) is 30.8 Å². The summed E-state index contributed by atoms with van der Waals surface area (Å²) in [6.45, 7) is 3.29. The smallest absolute Gasteiger partial charge is 0.115 e. The van der Waals surface area contributed by atoms with E-state index in [9.17, 15) is 0 Å². The molecule has 3 N–H and O–H groups in total. The molecule has 1 aliphatic heterocycles. The second kappa shape index (κ2) is 5.87. The van der Waals surface area contributed by atoms with Gasteiger partial charge in [-0.3, -0.25) is 0 Å². The van der Waals surface area contributed by atoms with Crippen molar-refractivity contribution in [2.24, 2.45) is 0 Å². The molecule has 16 heavy (non-hydrogen) atoms. The van der Waals surface area contributed by atoms with Crippen molar-refractivity contribution in [2.45, 2.75) is 25.3 Å². The average Bonchev–Trinajstić information content (AvgIpc) is 2.33. The molecule has 1 aliphatic rings. The molecular formula is C13H20N2O. The lowest BCUT2D eigenvalue weighted by atomic mass is 10.1. The van der Waals surface area contributed by atoms with Crippen LogP contribution >= 0.6 is 0 Å². The Morgan fingerprint density at radius 2 is 1.88 bits per heavy atom. The van der Waals surface area contributed by atoms with Crippen LogP contribution in [0.1, 0.15) is 18.4 Å². The van der Waals surface area contributed by atoms with Gasteiger partial charge in [0.25, 0.3) is 0 Å². The third-order valence-electron chi connectivity index (χ3n) is 3.12. The van der Waals surface area contributed by atoms with Gasteiger partial charge in [-0.1, -0.05) is 12.1 Å². The van der Waals surface area contributed by atoms with Crippen LogP contribution in [0.5, 0.6) is 5.75 Å². The van der Waals surface area contributed by atoms with Crippen LogP contribution in [0.4, 0.5) is 0 Å². The Bertz CT molecular complexity index is 304. The molecule has 1 fully saturated rings. The van der Waals surface area contributed by atoms with Gasteiger partial charge in [0.1, 0.15) is 5.75 Å². The third-order valence-corrected chi connectivity index (χ3v) is 3.12. The Morgan fingerprint density at radius 1 is 1.19 bits per heavy atom. The topological polar surface area (TPSA) is 44.3 Å². The summed E-state index contributed by atoms with van der Waals surface area (Å²) in [5.74, 6) is 0.343. The molecule has 0 bridgehead atoms. The predicted octanol–water partition coefficient (Wildman–Crippen LogP) is 1.28. The quantitative estimate of drug-likeness (QED) is 0.716. The lowest BCUT2D eigenvalue weighted by Gasteiger charge is -2.23. The molecule has 1 aromatic rings. The van der Waals surface area contributed by atoms with Gasteiger partial charge in [0.05, 0.1) is 0 Å². The Morgan fingerprint density at radius 3 is 2.56 bits per heavy atom. The van der Waals surface area contributed by atoms with E-state index in [1.54, 1.807) is 12.1 Å². The number of phenols is 1. The van der Waals surface area contributed by atoms with E-state index in [2.05, 4.69) is 10.6 Å². The molecule has 3 heteroatoms. The average molecular weight is 220 g/mol. The highest BCUT2D eigenvalue weighted by Gasteiger charge is 2.11. The summed E-state index contributed by atoms with van der Waals surface area (Å²) in [4.78, 5) is 0. The number of nitrogens with one attached hydrogen (secondary N) is 2. The molecule has 2 rings (SSSR count).